The largest absolute Gasteiger partial charge is 0.334 e. The second kappa shape index (κ2) is 8.86. The number of pyridine rings is 1. The van der Waals surface area contributed by atoms with Crippen molar-refractivity contribution in [1.82, 2.24) is 24.9 Å². The molecule has 2 N–H and O–H groups in total. The van der Waals surface area contributed by atoms with Crippen LogP contribution in [0.4, 0.5) is 0 Å². The van der Waals surface area contributed by atoms with E-state index in [0.29, 0.717) is 24.7 Å². The van der Waals surface area contributed by atoms with Crippen LogP contribution in [0, 0.1) is 12.8 Å². The fourth-order valence-electron chi connectivity index (χ4n) is 3.70. The van der Waals surface area contributed by atoms with Gasteiger partial charge in [0, 0.05) is 24.2 Å². The van der Waals surface area contributed by atoms with Crippen molar-refractivity contribution in [3.63, 3.8) is 0 Å². The molecule has 0 saturated carbocycles. The molecule has 0 bridgehead atoms. The maximum absolute atomic E-state index is 13.0. The maximum Gasteiger partial charge on any atom is 0.276 e. The monoisotopic (exact) mass is 422 g/mol. The lowest BCUT2D eigenvalue weighted by Crippen LogP contribution is -2.35. The quantitative estimate of drug-likeness (QED) is 0.700. The summed E-state index contributed by atoms with van der Waals surface area (Å²) in [5.41, 5.74) is 8.70. The SMILES string of the molecule is Cc1c(C(=O)N2CC(CN)CC2C)nnn1-c1ccc2ncccc2c1.Cl.Cl. The summed E-state index contributed by atoms with van der Waals surface area (Å²) in [4.78, 5) is 19.2. The van der Waals surface area contributed by atoms with Gasteiger partial charge in [-0.2, -0.15) is 0 Å². The van der Waals surface area contributed by atoms with Crippen molar-refractivity contribution in [2.75, 3.05) is 13.1 Å². The van der Waals surface area contributed by atoms with E-state index in [-0.39, 0.29) is 36.8 Å². The maximum atomic E-state index is 13.0. The molecule has 3 aromatic rings. The number of nitrogens with two attached hydrogens (primary N) is 1. The second-order valence-corrected chi connectivity index (χ2v) is 6.96. The van der Waals surface area contributed by atoms with Gasteiger partial charge in [0.15, 0.2) is 5.69 Å². The van der Waals surface area contributed by atoms with E-state index in [1.807, 2.05) is 42.2 Å². The molecule has 7 nitrogen and oxygen atoms in total. The zero-order chi connectivity index (χ0) is 18.3. The Hall–Kier alpha value is -2.22. The van der Waals surface area contributed by atoms with E-state index in [0.717, 1.165) is 28.7 Å². The van der Waals surface area contributed by atoms with Gasteiger partial charge in [-0.15, -0.1) is 29.9 Å². The van der Waals surface area contributed by atoms with Crippen LogP contribution in [0.2, 0.25) is 0 Å². The average molecular weight is 423 g/mol. The number of nitrogens with zero attached hydrogens (tertiary/aromatic N) is 5. The number of aromatic nitrogens is 4. The molecule has 1 aromatic carbocycles. The third-order valence-electron chi connectivity index (χ3n) is 5.18. The molecule has 1 aliphatic heterocycles. The zero-order valence-electron chi connectivity index (χ0n) is 15.8. The van der Waals surface area contributed by atoms with Crippen LogP contribution in [-0.4, -0.2) is 49.9 Å². The number of hydrogen-bond donors (Lipinski definition) is 1. The molecule has 0 spiro atoms. The summed E-state index contributed by atoms with van der Waals surface area (Å²) >= 11 is 0. The lowest BCUT2D eigenvalue weighted by Gasteiger charge is -2.20. The van der Waals surface area contributed by atoms with Gasteiger partial charge >= 0.3 is 0 Å². The summed E-state index contributed by atoms with van der Waals surface area (Å²) in [7, 11) is 0. The topological polar surface area (TPSA) is 89.9 Å². The molecule has 28 heavy (non-hydrogen) atoms. The van der Waals surface area contributed by atoms with Crippen LogP contribution >= 0.6 is 24.8 Å². The highest BCUT2D eigenvalue weighted by Gasteiger charge is 2.34. The van der Waals surface area contributed by atoms with Crippen molar-refractivity contribution < 1.29 is 4.79 Å². The number of halogens is 2. The third kappa shape index (κ3) is 3.83. The first-order valence-corrected chi connectivity index (χ1v) is 8.87. The molecule has 0 radical (unpaired) electrons. The molecule has 1 amide bonds. The Morgan fingerprint density at radius 2 is 2.07 bits per heavy atom. The molecule has 1 saturated heterocycles. The second-order valence-electron chi connectivity index (χ2n) is 6.96. The summed E-state index contributed by atoms with van der Waals surface area (Å²) in [5.74, 6) is 0.289. The predicted octanol–water partition coefficient (Wildman–Crippen LogP) is 2.78. The highest BCUT2D eigenvalue weighted by atomic mass is 35.5. The van der Waals surface area contributed by atoms with Crippen molar-refractivity contribution in [2.24, 2.45) is 11.7 Å². The van der Waals surface area contributed by atoms with E-state index in [9.17, 15) is 4.79 Å². The lowest BCUT2D eigenvalue weighted by atomic mass is 10.1. The summed E-state index contributed by atoms with van der Waals surface area (Å²) < 4.78 is 1.71. The van der Waals surface area contributed by atoms with Crippen LogP contribution in [0.3, 0.4) is 0 Å². The molecule has 1 aliphatic rings. The Labute approximate surface area is 176 Å². The molecule has 1 fully saturated rings. The molecule has 4 rings (SSSR count). The van der Waals surface area contributed by atoms with Crippen molar-refractivity contribution in [3.8, 4) is 5.69 Å². The van der Waals surface area contributed by atoms with E-state index in [1.165, 1.54) is 0 Å². The molecule has 2 atom stereocenters. The van der Waals surface area contributed by atoms with E-state index in [2.05, 4.69) is 22.2 Å². The van der Waals surface area contributed by atoms with E-state index in [4.69, 9.17) is 5.73 Å². The zero-order valence-corrected chi connectivity index (χ0v) is 17.4. The summed E-state index contributed by atoms with van der Waals surface area (Å²) in [6.45, 7) is 5.22. The van der Waals surface area contributed by atoms with Gasteiger partial charge in [0.1, 0.15) is 0 Å². The summed E-state index contributed by atoms with van der Waals surface area (Å²) in [5, 5.41) is 9.42. The van der Waals surface area contributed by atoms with Crippen LogP contribution in [0.15, 0.2) is 36.5 Å². The molecule has 150 valence electrons. The van der Waals surface area contributed by atoms with Gasteiger partial charge in [-0.05, 0) is 57.0 Å². The highest BCUT2D eigenvalue weighted by molar-refractivity contribution is 5.94. The number of carbonyl (C=O) groups is 1. The smallest absolute Gasteiger partial charge is 0.276 e. The van der Waals surface area contributed by atoms with Gasteiger partial charge < -0.3 is 10.6 Å². The molecule has 2 unspecified atom stereocenters. The minimum atomic E-state index is -0.0698. The van der Waals surface area contributed by atoms with Crippen LogP contribution in [0.1, 0.15) is 29.5 Å². The normalized spacial score (nSPS) is 18.6. The van der Waals surface area contributed by atoms with Gasteiger partial charge in [0.25, 0.3) is 5.91 Å². The number of amides is 1. The van der Waals surface area contributed by atoms with Crippen molar-refractivity contribution >= 4 is 41.6 Å². The van der Waals surface area contributed by atoms with Crippen LogP contribution < -0.4 is 5.73 Å². The third-order valence-corrected chi connectivity index (χ3v) is 5.18. The molecule has 0 aliphatic carbocycles. The number of benzene rings is 1. The van der Waals surface area contributed by atoms with Gasteiger partial charge in [-0.3, -0.25) is 9.78 Å². The number of carbonyl (C=O) groups excluding carboxylic acids is 1. The van der Waals surface area contributed by atoms with Crippen molar-refractivity contribution in [1.29, 1.82) is 0 Å². The molecular formula is C19H24Cl2N6O. The number of fused-ring (bicyclic) bond motifs is 1. The van der Waals surface area contributed by atoms with E-state index < -0.39 is 0 Å². The standard InChI is InChI=1S/C19H22N6O.2ClH/c1-12-8-14(10-20)11-24(12)19(26)18-13(2)25(23-22-18)16-5-6-17-15(9-16)4-3-7-21-17;;/h3-7,9,12,14H,8,10-11,20H2,1-2H3;2*1H. The number of rotatable bonds is 3. The van der Waals surface area contributed by atoms with Gasteiger partial charge in [-0.25, -0.2) is 4.68 Å². The fourth-order valence-corrected chi connectivity index (χ4v) is 3.70. The highest BCUT2D eigenvalue weighted by Crippen LogP contribution is 2.25. The summed E-state index contributed by atoms with van der Waals surface area (Å²) in [6.07, 6.45) is 2.71. The Balaban J connectivity index is 0.00000140. The Morgan fingerprint density at radius 1 is 1.29 bits per heavy atom. The molecule has 3 heterocycles. The first-order valence-electron chi connectivity index (χ1n) is 8.87. The van der Waals surface area contributed by atoms with Crippen LogP contribution in [0.25, 0.3) is 16.6 Å². The molecular weight excluding hydrogens is 399 g/mol. The number of hydrogen-bond acceptors (Lipinski definition) is 5. The minimum Gasteiger partial charge on any atom is -0.334 e. The van der Waals surface area contributed by atoms with E-state index >= 15 is 0 Å². The molecule has 9 heteroatoms. The fraction of sp³-hybridized carbons (Fsp3) is 0.368. The van der Waals surface area contributed by atoms with Crippen molar-refractivity contribution in [2.45, 2.75) is 26.3 Å². The summed E-state index contributed by atoms with van der Waals surface area (Å²) in [6, 6.07) is 9.96. The van der Waals surface area contributed by atoms with Crippen molar-refractivity contribution in [3.05, 3.63) is 47.9 Å². The lowest BCUT2D eigenvalue weighted by molar-refractivity contribution is 0.0736. The van der Waals surface area contributed by atoms with Gasteiger partial charge in [0.05, 0.1) is 16.9 Å². The Bertz CT molecular complexity index is 976. The first kappa shape index (κ1) is 22.1. The van der Waals surface area contributed by atoms with Crippen LogP contribution in [-0.2, 0) is 0 Å². The predicted molar refractivity (Wildman–Crippen MR) is 114 cm³/mol. The van der Waals surface area contributed by atoms with Gasteiger partial charge in [-0.1, -0.05) is 11.3 Å². The number of likely N-dealkylation sites (tertiary alicyclic amines) is 1. The minimum absolute atomic E-state index is 0. The van der Waals surface area contributed by atoms with Crippen LogP contribution in [0.5, 0.6) is 0 Å². The Kier molecular flexibility index (Phi) is 6.98. The Morgan fingerprint density at radius 3 is 2.79 bits per heavy atom. The first-order chi connectivity index (χ1) is 12.6. The average Bonchev–Trinajstić information content (AvgIpc) is 3.23. The molecule has 2 aromatic heterocycles. The van der Waals surface area contributed by atoms with Gasteiger partial charge in [0.2, 0.25) is 0 Å². The van der Waals surface area contributed by atoms with E-state index in [1.54, 1.807) is 10.9 Å².